The predicted molar refractivity (Wildman–Crippen MR) is 75.1 cm³/mol. The van der Waals surface area contributed by atoms with E-state index >= 15 is 0 Å². The molecule has 1 N–H and O–H groups in total. The summed E-state index contributed by atoms with van der Waals surface area (Å²) in [6, 6.07) is 13.4. The number of carbonyl (C=O) groups excluding carboxylic acids is 1. The molecule has 0 radical (unpaired) electrons. The number of carbonyl (C=O) groups is 1. The van der Waals surface area contributed by atoms with E-state index in [1.54, 1.807) is 24.5 Å². The van der Waals surface area contributed by atoms with Crippen LogP contribution in [0.15, 0.2) is 60.0 Å². The van der Waals surface area contributed by atoms with Crippen molar-refractivity contribution in [2.24, 2.45) is 5.10 Å². The number of aromatic nitrogens is 1. The van der Waals surface area contributed by atoms with Crippen LogP contribution in [0.4, 0.5) is 0 Å². The summed E-state index contributed by atoms with van der Waals surface area (Å²) < 4.78 is 0. The fourth-order valence-corrected chi connectivity index (χ4v) is 1.61. The third-order valence-corrected chi connectivity index (χ3v) is 2.71. The molecule has 1 atom stereocenters. The van der Waals surface area contributed by atoms with Gasteiger partial charge < -0.3 is 0 Å². The van der Waals surface area contributed by atoms with Gasteiger partial charge in [-0.1, -0.05) is 37.3 Å². The summed E-state index contributed by atoms with van der Waals surface area (Å²) in [6.07, 6.45) is 4.84. The normalized spacial score (nSPS) is 12.3. The Morgan fingerprint density at radius 1 is 1.26 bits per heavy atom. The predicted octanol–water partition coefficient (Wildman–Crippen LogP) is 2.60. The Hall–Kier alpha value is -2.49. The van der Waals surface area contributed by atoms with Gasteiger partial charge in [0.05, 0.1) is 5.56 Å². The molecule has 19 heavy (non-hydrogen) atoms. The zero-order valence-corrected chi connectivity index (χ0v) is 10.7. The average Bonchev–Trinajstić information content (AvgIpc) is 2.49. The first kappa shape index (κ1) is 13.0. The van der Waals surface area contributed by atoms with Crippen LogP contribution in [0.3, 0.4) is 0 Å². The highest BCUT2D eigenvalue weighted by molar-refractivity contribution is 5.94. The lowest BCUT2D eigenvalue weighted by Gasteiger charge is -2.05. The van der Waals surface area contributed by atoms with Crippen LogP contribution in [0.5, 0.6) is 0 Å². The second kappa shape index (κ2) is 6.44. The number of hydrazone groups is 1. The maximum absolute atomic E-state index is 11.7. The number of nitrogens with one attached hydrogen (secondary N) is 1. The van der Waals surface area contributed by atoms with E-state index in [1.165, 1.54) is 6.20 Å². The smallest absolute Gasteiger partial charge is 0.267 e. The number of hydrogen-bond acceptors (Lipinski definition) is 3. The van der Waals surface area contributed by atoms with Crippen molar-refractivity contribution in [3.8, 4) is 0 Å². The van der Waals surface area contributed by atoms with Gasteiger partial charge in [-0.2, -0.15) is 5.10 Å². The van der Waals surface area contributed by atoms with Crippen molar-refractivity contribution in [1.29, 1.82) is 0 Å². The van der Waals surface area contributed by atoms with Crippen molar-refractivity contribution in [2.75, 3.05) is 0 Å². The number of nitrogens with zero attached hydrogens (tertiary/aromatic N) is 2. The van der Waals surface area contributed by atoms with E-state index < -0.39 is 0 Å². The molecule has 0 bridgehead atoms. The molecular weight excluding hydrogens is 238 g/mol. The van der Waals surface area contributed by atoms with Gasteiger partial charge in [-0.25, -0.2) is 5.43 Å². The molecule has 0 saturated heterocycles. The van der Waals surface area contributed by atoms with E-state index in [0.29, 0.717) is 5.56 Å². The van der Waals surface area contributed by atoms with Gasteiger partial charge in [0, 0.05) is 24.5 Å². The Morgan fingerprint density at radius 3 is 2.74 bits per heavy atom. The van der Waals surface area contributed by atoms with Gasteiger partial charge in [0.2, 0.25) is 0 Å². The first-order chi connectivity index (χ1) is 9.27. The fraction of sp³-hybridized carbons (Fsp3) is 0.133. The second-order valence-electron chi connectivity index (χ2n) is 4.16. The van der Waals surface area contributed by atoms with Crippen molar-refractivity contribution in [3.63, 3.8) is 0 Å². The molecule has 1 aromatic heterocycles. The van der Waals surface area contributed by atoms with Crippen LogP contribution in [0.2, 0.25) is 0 Å². The first-order valence-electron chi connectivity index (χ1n) is 6.06. The van der Waals surface area contributed by atoms with E-state index in [-0.39, 0.29) is 11.8 Å². The van der Waals surface area contributed by atoms with Crippen molar-refractivity contribution in [2.45, 2.75) is 12.8 Å². The molecule has 96 valence electrons. The minimum atomic E-state index is -0.260. The van der Waals surface area contributed by atoms with Gasteiger partial charge in [0.1, 0.15) is 0 Å². The Kier molecular flexibility index (Phi) is 4.39. The van der Waals surface area contributed by atoms with Gasteiger partial charge in [-0.3, -0.25) is 9.78 Å². The van der Waals surface area contributed by atoms with E-state index in [4.69, 9.17) is 0 Å². The number of rotatable bonds is 4. The Balaban J connectivity index is 1.92. The molecule has 2 aromatic rings. The van der Waals surface area contributed by atoms with Gasteiger partial charge >= 0.3 is 0 Å². The standard InChI is InChI=1S/C15H15N3O/c1-12(13-6-3-2-4-7-13)10-17-18-15(19)14-8-5-9-16-11-14/h2-12H,1H3,(H,18,19). The quantitative estimate of drug-likeness (QED) is 0.672. The molecule has 0 aliphatic rings. The molecule has 4 nitrogen and oxygen atoms in total. The maximum atomic E-state index is 11.7. The largest absolute Gasteiger partial charge is 0.272 e. The summed E-state index contributed by atoms with van der Waals surface area (Å²) >= 11 is 0. The Morgan fingerprint density at radius 2 is 2.05 bits per heavy atom. The maximum Gasteiger partial charge on any atom is 0.272 e. The molecule has 0 fully saturated rings. The summed E-state index contributed by atoms with van der Waals surface area (Å²) in [4.78, 5) is 15.6. The van der Waals surface area contributed by atoms with E-state index in [9.17, 15) is 4.79 Å². The summed E-state index contributed by atoms with van der Waals surface area (Å²) in [6.45, 7) is 2.02. The fourth-order valence-electron chi connectivity index (χ4n) is 1.61. The Labute approximate surface area is 112 Å². The van der Waals surface area contributed by atoms with Gasteiger partial charge in [0.15, 0.2) is 0 Å². The molecule has 0 aliphatic carbocycles. The third kappa shape index (κ3) is 3.74. The summed E-state index contributed by atoms with van der Waals surface area (Å²) in [5, 5.41) is 3.97. The summed E-state index contributed by atoms with van der Waals surface area (Å²) in [5.74, 6) is -0.111. The van der Waals surface area contributed by atoms with Crippen LogP contribution in [-0.4, -0.2) is 17.1 Å². The number of pyridine rings is 1. The number of benzene rings is 1. The molecule has 4 heteroatoms. The average molecular weight is 253 g/mol. The summed E-state index contributed by atoms with van der Waals surface area (Å²) in [7, 11) is 0. The molecule has 1 amide bonds. The van der Waals surface area contributed by atoms with Gasteiger partial charge in [-0.15, -0.1) is 0 Å². The lowest BCUT2D eigenvalue weighted by Crippen LogP contribution is -2.18. The second-order valence-corrected chi connectivity index (χ2v) is 4.16. The van der Waals surface area contributed by atoms with E-state index in [0.717, 1.165) is 5.56 Å². The molecule has 1 aromatic carbocycles. The highest BCUT2D eigenvalue weighted by atomic mass is 16.2. The van der Waals surface area contributed by atoms with Crippen molar-refractivity contribution in [3.05, 3.63) is 66.0 Å². The first-order valence-corrected chi connectivity index (χ1v) is 6.06. The van der Waals surface area contributed by atoms with E-state index in [1.807, 2.05) is 37.3 Å². The zero-order valence-electron chi connectivity index (χ0n) is 10.7. The molecular formula is C15H15N3O. The summed E-state index contributed by atoms with van der Waals surface area (Å²) in [5.41, 5.74) is 4.14. The molecule has 0 aliphatic heterocycles. The van der Waals surface area contributed by atoms with E-state index in [2.05, 4.69) is 15.5 Å². The van der Waals surface area contributed by atoms with Crippen molar-refractivity contribution < 1.29 is 4.79 Å². The monoisotopic (exact) mass is 253 g/mol. The van der Waals surface area contributed by atoms with Gasteiger partial charge in [-0.05, 0) is 17.7 Å². The number of amides is 1. The van der Waals surface area contributed by atoms with Crippen LogP contribution in [0.1, 0.15) is 28.8 Å². The number of hydrogen-bond donors (Lipinski definition) is 1. The minimum absolute atomic E-state index is 0.149. The minimum Gasteiger partial charge on any atom is -0.267 e. The lowest BCUT2D eigenvalue weighted by molar-refractivity contribution is 0.0954. The Bertz CT molecular complexity index is 552. The molecule has 2 rings (SSSR count). The van der Waals surface area contributed by atoms with Crippen LogP contribution < -0.4 is 5.43 Å². The van der Waals surface area contributed by atoms with Crippen LogP contribution in [-0.2, 0) is 0 Å². The molecule has 1 heterocycles. The zero-order chi connectivity index (χ0) is 13.5. The molecule has 1 unspecified atom stereocenters. The third-order valence-electron chi connectivity index (χ3n) is 2.71. The molecule has 0 spiro atoms. The van der Waals surface area contributed by atoms with Crippen molar-refractivity contribution in [1.82, 2.24) is 10.4 Å². The SMILES string of the molecule is CC(C=NNC(=O)c1cccnc1)c1ccccc1. The van der Waals surface area contributed by atoms with Crippen LogP contribution in [0.25, 0.3) is 0 Å². The van der Waals surface area contributed by atoms with Crippen LogP contribution >= 0.6 is 0 Å². The topological polar surface area (TPSA) is 54.4 Å². The van der Waals surface area contributed by atoms with Crippen molar-refractivity contribution >= 4 is 12.1 Å². The highest BCUT2D eigenvalue weighted by Crippen LogP contribution is 2.11. The molecule has 0 saturated carbocycles. The van der Waals surface area contributed by atoms with Crippen LogP contribution in [0, 0.1) is 0 Å². The highest BCUT2D eigenvalue weighted by Gasteiger charge is 2.04. The lowest BCUT2D eigenvalue weighted by atomic mass is 10.0. The van der Waals surface area contributed by atoms with Gasteiger partial charge in [0.25, 0.3) is 5.91 Å².